The van der Waals surface area contributed by atoms with Crippen molar-refractivity contribution in [2.24, 2.45) is 0 Å². The van der Waals surface area contributed by atoms with Gasteiger partial charge in [-0.1, -0.05) is 5.21 Å². The molecule has 0 N–H and O–H groups in total. The van der Waals surface area contributed by atoms with Gasteiger partial charge in [-0.2, -0.15) is 0 Å². The van der Waals surface area contributed by atoms with E-state index in [9.17, 15) is 0 Å². The Bertz CT molecular complexity index is 389. The first kappa shape index (κ1) is 11.5. The second kappa shape index (κ2) is 4.58. The van der Waals surface area contributed by atoms with Crippen LogP contribution in [0.5, 0.6) is 0 Å². The lowest BCUT2D eigenvalue weighted by atomic mass is 9.74. The molecule has 0 amide bonds. The highest BCUT2D eigenvalue weighted by atomic mass is 35.5. The van der Waals surface area contributed by atoms with Crippen LogP contribution in [-0.4, -0.2) is 33.1 Å². The van der Waals surface area contributed by atoms with Crippen molar-refractivity contribution >= 4 is 11.6 Å². The Morgan fingerprint density at radius 2 is 2.41 bits per heavy atom. The van der Waals surface area contributed by atoms with Crippen molar-refractivity contribution in [1.82, 2.24) is 15.0 Å². The largest absolute Gasteiger partial charge is 0.375 e. The summed E-state index contributed by atoms with van der Waals surface area (Å²) in [5, 5.41) is 8.40. The van der Waals surface area contributed by atoms with Crippen molar-refractivity contribution in [3.05, 3.63) is 11.9 Å². The zero-order valence-electron chi connectivity index (χ0n) is 9.94. The molecule has 1 saturated heterocycles. The SMILES string of the molecule is ClCCc1cn(C2CCOC3(CCC3)C2)nn1. The first-order valence-electron chi connectivity index (χ1n) is 6.42. The van der Waals surface area contributed by atoms with Crippen LogP contribution in [0.25, 0.3) is 0 Å². The number of aromatic nitrogens is 3. The molecule has 2 fully saturated rings. The number of alkyl halides is 1. The van der Waals surface area contributed by atoms with Crippen molar-refractivity contribution in [2.75, 3.05) is 12.5 Å². The molecule has 1 atom stereocenters. The van der Waals surface area contributed by atoms with Crippen LogP contribution in [0, 0.1) is 0 Å². The molecule has 17 heavy (non-hydrogen) atoms. The zero-order valence-corrected chi connectivity index (χ0v) is 10.7. The molecule has 0 radical (unpaired) electrons. The van der Waals surface area contributed by atoms with E-state index in [1.807, 2.05) is 10.9 Å². The van der Waals surface area contributed by atoms with E-state index in [2.05, 4.69) is 10.3 Å². The Balaban J connectivity index is 1.69. The van der Waals surface area contributed by atoms with Crippen molar-refractivity contribution in [3.8, 4) is 0 Å². The minimum atomic E-state index is 0.168. The molecule has 1 unspecified atom stereocenters. The second-order valence-corrected chi connectivity index (χ2v) is 5.54. The fraction of sp³-hybridized carbons (Fsp3) is 0.833. The monoisotopic (exact) mass is 255 g/mol. The molecule has 1 aliphatic carbocycles. The van der Waals surface area contributed by atoms with Crippen LogP contribution in [0.15, 0.2) is 6.20 Å². The summed E-state index contributed by atoms with van der Waals surface area (Å²) in [4.78, 5) is 0. The van der Waals surface area contributed by atoms with Gasteiger partial charge in [-0.3, -0.25) is 0 Å². The molecule has 1 saturated carbocycles. The molecule has 4 nitrogen and oxygen atoms in total. The maximum Gasteiger partial charge on any atom is 0.0839 e. The molecule has 1 aliphatic heterocycles. The van der Waals surface area contributed by atoms with Gasteiger partial charge in [0.1, 0.15) is 0 Å². The Kier molecular flexibility index (Phi) is 3.09. The van der Waals surface area contributed by atoms with E-state index < -0.39 is 0 Å². The first-order valence-corrected chi connectivity index (χ1v) is 6.95. The predicted octanol–water partition coefficient (Wildman–Crippen LogP) is 2.33. The van der Waals surface area contributed by atoms with Gasteiger partial charge in [-0.05, 0) is 32.1 Å². The summed E-state index contributed by atoms with van der Waals surface area (Å²) in [5.41, 5.74) is 1.16. The summed E-state index contributed by atoms with van der Waals surface area (Å²) in [6.45, 7) is 0.857. The molecule has 1 aromatic rings. The minimum Gasteiger partial charge on any atom is -0.375 e. The van der Waals surface area contributed by atoms with E-state index in [1.165, 1.54) is 19.3 Å². The molecule has 5 heteroatoms. The van der Waals surface area contributed by atoms with Gasteiger partial charge in [0.15, 0.2) is 0 Å². The van der Waals surface area contributed by atoms with Gasteiger partial charge in [0.05, 0.1) is 17.3 Å². The average Bonchev–Trinajstić information content (AvgIpc) is 2.76. The first-order chi connectivity index (χ1) is 8.31. The predicted molar refractivity (Wildman–Crippen MR) is 65.3 cm³/mol. The maximum atomic E-state index is 5.92. The van der Waals surface area contributed by atoms with E-state index >= 15 is 0 Å². The van der Waals surface area contributed by atoms with Crippen LogP contribution in [0.1, 0.15) is 43.8 Å². The highest BCUT2D eigenvalue weighted by Crippen LogP contribution is 2.45. The molecule has 3 rings (SSSR count). The third kappa shape index (κ3) is 2.20. The van der Waals surface area contributed by atoms with Crippen LogP contribution in [0.4, 0.5) is 0 Å². The van der Waals surface area contributed by atoms with Crippen LogP contribution in [-0.2, 0) is 11.2 Å². The number of nitrogens with zero attached hydrogens (tertiary/aromatic N) is 3. The minimum absolute atomic E-state index is 0.168. The smallest absolute Gasteiger partial charge is 0.0839 e. The standard InChI is InChI=1S/C12H18ClN3O/c13-6-2-10-9-16(15-14-10)11-3-7-17-12(8-11)4-1-5-12/h9,11H,1-8H2. The average molecular weight is 256 g/mol. The fourth-order valence-electron chi connectivity index (χ4n) is 2.85. The van der Waals surface area contributed by atoms with Gasteiger partial charge in [0.2, 0.25) is 0 Å². The number of ether oxygens (including phenoxy) is 1. The van der Waals surface area contributed by atoms with Gasteiger partial charge >= 0.3 is 0 Å². The van der Waals surface area contributed by atoms with Gasteiger partial charge in [0, 0.05) is 25.1 Å². The molecular weight excluding hydrogens is 238 g/mol. The Labute approximate surface area is 106 Å². The van der Waals surface area contributed by atoms with E-state index in [0.717, 1.165) is 31.6 Å². The summed E-state index contributed by atoms with van der Waals surface area (Å²) in [5.74, 6) is 0.608. The lowest BCUT2D eigenvalue weighted by Crippen LogP contribution is -2.46. The zero-order chi connectivity index (χ0) is 11.7. The second-order valence-electron chi connectivity index (χ2n) is 5.16. The van der Waals surface area contributed by atoms with Crippen LogP contribution >= 0.6 is 11.6 Å². The normalized spacial score (nSPS) is 27.0. The quantitative estimate of drug-likeness (QED) is 0.779. The molecule has 2 heterocycles. The van der Waals surface area contributed by atoms with Gasteiger partial charge < -0.3 is 4.74 Å². The van der Waals surface area contributed by atoms with Crippen molar-refractivity contribution in [2.45, 2.75) is 50.2 Å². The van der Waals surface area contributed by atoms with Crippen molar-refractivity contribution in [1.29, 1.82) is 0 Å². The number of aryl methyl sites for hydroxylation is 1. The number of rotatable bonds is 3. The van der Waals surface area contributed by atoms with Crippen molar-refractivity contribution in [3.63, 3.8) is 0 Å². The molecule has 1 spiro atoms. The number of hydrogen-bond donors (Lipinski definition) is 0. The lowest BCUT2D eigenvalue weighted by Gasteiger charge is -2.47. The summed E-state index contributed by atoms with van der Waals surface area (Å²) in [6.07, 6.45) is 8.73. The van der Waals surface area contributed by atoms with Gasteiger partial charge in [0.25, 0.3) is 0 Å². The summed E-state index contributed by atoms with van der Waals surface area (Å²) < 4.78 is 7.94. The van der Waals surface area contributed by atoms with Crippen LogP contribution < -0.4 is 0 Å². The van der Waals surface area contributed by atoms with Crippen molar-refractivity contribution < 1.29 is 4.74 Å². The topological polar surface area (TPSA) is 39.9 Å². The van der Waals surface area contributed by atoms with E-state index in [1.54, 1.807) is 0 Å². The summed E-state index contributed by atoms with van der Waals surface area (Å²) in [7, 11) is 0. The fourth-order valence-corrected chi connectivity index (χ4v) is 3.04. The van der Waals surface area contributed by atoms with Crippen LogP contribution in [0.3, 0.4) is 0 Å². The third-order valence-electron chi connectivity index (χ3n) is 4.01. The van der Waals surface area contributed by atoms with Gasteiger partial charge in [-0.15, -0.1) is 16.7 Å². The molecule has 0 bridgehead atoms. The summed E-state index contributed by atoms with van der Waals surface area (Å²) >= 11 is 5.71. The van der Waals surface area contributed by atoms with E-state index in [-0.39, 0.29) is 5.60 Å². The number of hydrogen-bond acceptors (Lipinski definition) is 3. The van der Waals surface area contributed by atoms with Gasteiger partial charge in [-0.25, -0.2) is 4.68 Å². The maximum absolute atomic E-state index is 5.92. The lowest BCUT2D eigenvalue weighted by molar-refractivity contribution is -0.141. The number of halogens is 1. The Hall–Kier alpha value is -0.610. The molecule has 1 aromatic heterocycles. The molecule has 2 aliphatic rings. The molecular formula is C12H18ClN3O. The molecule has 0 aromatic carbocycles. The summed E-state index contributed by atoms with van der Waals surface area (Å²) in [6, 6.07) is 0.459. The van der Waals surface area contributed by atoms with E-state index in [4.69, 9.17) is 16.3 Å². The van der Waals surface area contributed by atoms with Crippen LogP contribution in [0.2, 0.25) is 0 Å². The Morgan fingerprint density at radius 1 is 1.53 bits per heavy atom. The molecule has 94 valence electrons. The van der Waals surface area contributed by atoms with E-state index in [0.29, 0.717) is 11.9 Å². The highest BCUT2D eigenvalue weighted by molar-refractivity contribution is 6.17. The third-order valence-corrected chi connectivity index (χ3v) is 4.20. The Morgan fingerprint density at radius 3 is 3.12 bits per heavy atom. The highest BCUT2D eigenvalue weighted by Gasteiger charge is 2.43.